The lowest BCUT2D eigenvalue weighted by atomic mass is 9.92. The van der Waals surface area contributed by atoms with Gasteiger partial charge in [0.25, 0.3) is 5.91 Å². The number of rotatable bonds is 6. The molecule has 2 aromatic carbocycles. The average molecular weight is 720 g/mol. The van der Waals surface area contributed by atoms with E-state index < -0.39 is 57.8 Å². The second-order valence-electron chi connectivity index (χ2n) is 13.0. The minimum atomic E-state index is -5.14. The normalized spacial score (nSPS) is 22.7. The Kier molecular flexibility index (Phi) is 8.47. The van der Waals surface area contributed by atoms with Crippen molar-refractivity contribution in [2.45, 2.75) is 43.3 Å². The summed E-state index contributed by atoms with van der Waals surface area (Å²) in [5.41, 5.74) is 1.70. The summed E-state index contributed by atoms with van der Waals surface area (Å²) in [4.78, 5) is 26.4. The van der Waals surface area contributed by atoms with Crippen LogP contribution in [-0.4, -0.2) is 97.0 Å². The van der Waals surface area contributed by atoms with Crippen molar-refractivity contribution < 1.29 is 40.6 Å². The van der Waals surface area contributed by atoms with Crippen LogP contribution in [0.25, 0.3) is 32.1 Å². The number of halogens is 6. The lowest BCUT2D eigenvalue weighted by molar-refractivity contribution is -0.141. The number of benzene rings is 2. The van der Waals surface area contributed by atoms with Crippen LogP contribution in [0.3, 0.4) is 0 Å². The summed E-state index contributed by atoms with van der Waals surface area (Å²) >= 11 is 0.666. The molecule has 1 amide bonds. The molecular weight excluding hydrogens is 688 g/mol. The SMILES string of the molecule is CN(C)C(=O)C1CN(c2nc(OCC34CCCN3CC(F)C4)nc3c(F)c(-c4ccc(F)c5sc(N)c(C#N)c45)c(C(F)(F)F)cc23)CCO1. The Labute approximate surface area is 286 Å². The number of carbonyl (C=O) groups excluding carboxylic acids is 1. The highest BCUT2D eigenvalue weighted by molar-refractivity contribution is 7.23. The van der Waals surface area contributed by atoms with Gasteiger partial charge in [0, 0.05) is 49.9 Å². The summed E-state index contributed by atoms with van der Waals surface area (Å²) in [6.45, 7) is 0.852. The van der Waals surface area contributed by atoms with Crippen molar-refractivity contribution in [3.8, 4) is 23.2 Å². The van der Waals surface area contributed by atoms with Gasteiger partial charge < -0.3 is 25.0 Å². The van der Waals surface area contributed by atoms with E-state index >= 15 is 4.39 Å². The first-order valence-corrected chi connectivity index (χ1v) is 16.7. The molecule has 17 heteroatoms. The number of likely N-dealkylation sites (N-methyl/N-ethyl adjacent to an activating group) is 1. The van der Waals surface area contributed by atoms with Crippen LogP contribution in [0.15, 0.2) is 18.2 Å². The number of nitrogens with zero attached hydrogens (tertiary/aromatic N) is 6. The molecule has 3 aliphatic rings. The van der Waals surface area contributed by atoms with E-state index in [4.69, 9.17) is 15.2 Å². The Bertz CT molecular complexity index is 2070. The summed E-state index contributed by atoms with van der Waals surface area (Å²) < 4.78 is 103. The number of thiophene rings is 1. The maximum absolute atomic E-state index is 17.0. The second-order valence-corrected chi connectivity index (χ2v) is 14.0. The van der Waals surface area contributed by atoms with Gasteiger partial charge in [-0.1, -0.05) is 6.07 Å². The molecule has 0 bridgehead atoms. The zero-order valence-electron chi connectivity index (χ0n) is 26.9. The van der Waals surface area contributed by atoms with Crippen molar-refractivity contribution in [1.29, 1.82) is 5.26 Å². The molecule has 0 aliphatic carbocycles. The highest BCUT2D eigenvalue weighted by Crippen LogP contribution is 2.48. The van der Waals surface area contributed by atoms with E-state index in [1.165, 1.54) is 23.9 Å². The fourth-order valence-electron chi connectivity index (χ4n) is 7.42. The van der Waals surface area contributed by atoms with Crippen molar-refractivity contribution >= 4 is 49.1 Å². The van der Waals surface area contributed by atoms with Gasteiger partial charge in [-0.05, 0) is 37.1 Å². The number of ether oxygens (including phenoxy) is 2. The number of nitriles is 1. The number of hydrogen-bond acceptors (Lipinski definition) is 10. The number of nitrogens with two attached hydrogens (primary N) is 1. The summed E-state index contributed by atoms with van der Waals surface area (Å²) in [6, 6.07) is 4.03. The zero-order chi connectivity index (χ0) is 35.7. The number of amides is 1. The molecule has 3 saturated heterocycles. The van der Waals surface area contributed by atoms with E-state index in [0.717, 1.165) is 18.6 Å². The van der Waals surface area contributed by atoms with Gasteiger partial charge in [0.05, 0.1) is 34.5 Å². The fraction of sp³-hybridized carbons (Fsp3) is 0.455. The molecule has 3 atom stereocenters. The molecule has 264 valence electrons. The molecule has 2 aromatic heterocycles. The lowest BCUT2D eigenvalue weighted by Gasteiger charge is -2.35. The Morgan fingerprint density at radius 2 is 2.02 bits per heavy atom. The standard InChI is InChI=1S/C33H31F6N7O3S/c1-44(2)30(47)22-14-45(8-9-48-22)29-18-10-20(33(37,38)39)24(17-4-5-21(35)27-23(17)19(12-40)28(41)50-27)25(36)26(18)42-31(43-29)49-15-32-6-3-7-46(32)13-16(34)11-32/h4-5,10,16,22H,3,6-9,11,13-15,41H2,1-2H3. The zero-order valence-corrected chi connectivity index (χ0v) is 27.7. The smallest absolute Gasteiger partial charge is 0.417 e. The third-order valence-electron chi connectivity index (χ3n) is 9.71. The summed E-state index contributed by atoms with van der Waals surface area (Å²) in [7, 11) is 3.07. The third-order valence-corrected chi connectivity index (χ3v) is 10.7. The molecule has 10 nitrogen and oxygen atoms in total. The largest absolute Gasteiger partial charge is 0.461 e. The highest BCUT2D eigenvalue weighted by atomic mass is 32.1. The van der Waals surface area contributed by atoms with Gasteiger partial charge in [0.15, 0.2) is 11.9 Å². The lowest BCUT2D eigenvalue weighted by Crippen LogP contribution is -2.50. The van der Waals surface area contributed by atoms with Crippen LogP contribution in [0.4, 0.5) is 37.2 Å². The van der Waals surface area contributed by atoms with Crippen LogP contribution >= 0.6 is 11.3 Å². The average Bonchev–Trinajstić information content (AvgIpc) is 3.72. The Morgan fingerprint density at radius 1 is 1.24 bits per heavy atom. The van der Waals surface area contributed by atoms with Gasteiger partial charge in [0.2, 0.25) is 0 Å². The first kappa shape index (κ1) is 34.1. The number of carbonyl (C=O) groups is 1. The van der Waals surface area contributed by atoms with Crippen LogP contribution in [0.2, 0.25) is 0 Å². The molecule has 50 heavy (non-hydrogen) atoms. The molecule has 2 N–H and O–H groups in total. The first-order chi connectivity index (χ1) is 23.7. The minimum absolute atomic E-state index is 0.0126. The van der Waals surface area contributed by atoms with Crippen molar-refractivity contribution in [1.82, 2.24) is 19.8 Å². The Hall–Kier alpha value is -4.40. The van der Waals surface area contributed by atoms with E-state index in [1.54, 1.807) is 6.07 Å². The highest BCUT2D eigenvalue weighted by Gasteiger charge is 2.49. The van der Waals surface area contributed by atoms with Gasteiger partial charge in [-0.15, -0.1) is 11.3 Å². The minimum Gasteiger partial charge on any atom is -0.461 e. The van der Waals surface area contributed by atoms with Crippen molar-refractivity contribution in [3.63, 3.8) is 0 Å². The molecule has 0 radical (unpaired) electrons. The molecule has 4 aromatic rings. The Balaban J connectivity index is 1.45. The summed E-state index contributed by atoms with van der Waals surface area (Å²) in [5, 5.41) is 9.09. The maximum atomic E-state index is 17.0. The molecule has 5 heterocycles. The molecular formula is C33H31F6N7O3S. The predicted molar refractivity (Wildman–Crippen MR) is 174 cm³/mol. The van der Waals surface area contributed by atoms with E-state index in [1.807, 2.05) is 4.90 Å². The second kappa shape index (κ2) is 12.4. The summed E-state index contributed by atoms with van der Waals surface area (Å²) in [5.74, 6) is -2.77. The molecule has 0 spiro atoms. The molecule has 7 rings (SSSR count). The topological polar surface area (TPSA) is 121 Å². The van der Waals surface area contributed by atoms with Crippen LogP contribution in [0, 0.1) is 23.0 Å². The van der Waals surface area contributed by atoms with E-state index in [9.17, 15) is 32.0 Å². The van der Waals surface area contributed by atoms with Gasteiger partial charge in [-0.2, -0.15) is 28.4 Å². The van der Waals surface area contributed by atoms with Crippen molar-refractivity contribution in [2.24, 2.45) is 0 Å². The van der Waals surface area contributed by atoms with Gasteiger partial charge in [-0.3, -0.25) is 9.69 Å². The number of alkyl halides is 4. The van der Waals surface area contributed by atoms with Crippen LogP contribution in [0.5, 0.6) is 6.01 Å². The number of fused-ring (bicyclic) bond motifs is 3. The molecule has 3 fully saturated rings. The fourth-order valence-corrected chi connectivity index (χ4v) is 8.37. The van der Waals surface area contributed by atoms with Crippen LogP contribution in [0.1, 0.15) is 30.4 Å². The number of aromatic nitrogens is 2. The van der Waals surface area contributed by atoms with E-state index in [-0.39, 0.29) is 83.0 Å². The van der Waals surface area contributed by atoms with E-state index in [2.05, 4.69) is 9.97 Å². The molecule has 0 saturated carbocycles. The van der Waals surface area contributed by atoms with Gasteiger partial charge in [-0.25, -0.2) is 13.2 Å². The monoisotopic (exact) mass is 719 g/mol. The molecule has 3 unspecified atom stereocenters. The van der Waals surface area contributed by atoms with E-state index in [0.29, 0.717) is 30.4 Å². The number of hydrogen-bond donors (Lipinski definition) is 1. The van der Waals surface area contributed by atoms with Gasteiger partial charge in [0.1, 0.15) is 41.0 Å². The van der Waals surface area contributed by atoms with Crippen LogP contribution < -0.4 is 15.4 Å². The molecule has 3 aliphatic heterocycles. The van der Waals surface area contributed by atoms with Crippen molar-refractivity contribution in [2.75, 3.05) is 64.1 Å². The Morgan fingerprint density at radius 3 is 2.74 bits per heavy atom. The van der Waals surface area contributed by atoms with Gasteiger partial charge >= 0.3 is 12.2 Å². The summed E-state index contributed by atoms with van der Waals surface area (Å²) in [6.07, 6.45) is -5.53. The number of nitrogen functional groups attached to an aromatic ring is 1. The maximum Gasteiger partial charge on any atom is 0.417 e. The van der Waals surface area contributed by atoms with Crippen molar-refractivity contribution in [3.05, 3.63) is 41.0 Å². The first-order valence-electron chi connectivity index (χ1n) is 15.8. The number of anilines is 2. The quantitative estimate of drug-likeness (QED) is 0.257. The number of morpholine rings is 1. The third kappa shape index (κ3) is 5.63. The predicted octanol–water partition coefficient (Wildman–Crippen LogP) is 5.51. The van der Waals surface area contributed by atoms with Crippen LogP contribution in [-0.2, 0) is 15.7 Å².